The number of quaternary nitrogens is 1. The first-order chi connectivity index (χ1) is 26.0. The zero-order valence-electron chi connectivity index (χ0n) is 31.6. The Labute approximate surface area is 320 Å². The van der Waals surface area contributed by atoms with Gasteiger partial charge in [-0.3, -0.25) is 24.0 Å². The number of hydrogen-bond donors (Lipinski definition) is 7. The number of fused-ring (bicyclic) bond motifs is 5. The molecule has 15 nitrogen and oxygen atoms in total. The Hall–Kier alpha value is -4.02. The van der Waals surface area contributed by atoms with E-state index < -0.39 is 64.5 Å². The number of carbonyl (C=O) groups excluding carboxylic acids is 5. The molecule has 15 heteroatoms. The molecule has 0 spiro atoms. The van der Waals surface area contributed by atoms with E-state index in [0.717, 1.165) is 38.2 Å². The number of nitrogens with one attached hydrogen (secondary N) is 3. The largest absolute Gasteiger partial charge is 0.595 e. The smallest absolute Gasteiger partial charge is 0.329 e. The Morgan fingerprint density at radius 1 is 0.964 bits per heavy atom. The lowest BCUT2D eigenvalue weighted by molar-refractivity contribution is -0.991. The van der Waals surface area contributed by atoms with E-state index in [0.29, 0.717) is 50.4 Å². The number of hydrogen-bond acceptors (Lipinski definition) is 11. The summed E-state index contributed by atoms with van der Waals surface area (Å²) in [5, 5.41) is 56.0. The van der Waals surface area contributed by atoms with Crippen molar-refractivity contribution < 1.29 is 59.3 Å². The molecule has 4 aliphatic carbocycles. The molecular weight excluding hydrogens is 714 g/mol. The highest BCUT2D eigenvalue weighted by Gasteiger charge is 2.66. The van der Waals surface area contributed by atoms with Gasteiger partial charge in [-0.25, -0.2) is 10.0 Å². The number of carboxylic acid groups (broad SMARTS) is 1. The predicted molar refractivity (Wildman–Crippen MR) is 195 cm³/mol. The normalized spacial score (nSPS) is 30.0. The number of ether oxygens (including phenoxy) is 1. The summed E-state index contributed by atoms with van der Waals surface area (Å²) in [6, 6.07) is 3.47. The molecule has 0 bridgehead atoms. The van der Waals surface area contributed by atoms with E-state index in [9.17, 15) is 49.3 Å². The lowest BCUT2D eigenvalue weighted by atomic mass is 9.46. The van der Waals surface area contributed by atoms with Crippen molar-refractivity contribution in [1.29, 1.82) is 0 Å². The summed E-state index contributed by atoms with van der Waals surface area (Å²) in [6.45, 7) is 4.00. The maximum Gasteiger partial charge on any atom is 0.329 e. The summed E-state index contributed by atoms with van der Waals surface area (Å²) in [6.07, 6.45) is 6.94. The molecule has 2 amide bonds. The number of allylic oxidation sites excluding steroid dienone is 1. The molecule has 3 fully saturated rings. The fourth-order valence-electron chi connectivity index (χ4n) is 10.1. The number of ketones is 2. The number of carbonyl (C=O) groups is 6. The van der Waals surface area contributed by atoms with Gasteiger partial charge in [0.15, 0.2) is 24.1 Å². The minimum absolute atomic E-state index is 0.0206. The molecule has 0 aromatic heterocycles. The summed E-state index contributed by atoms with van der Waals surface area (Å²) in [7, 11) is 0. The van der Waals surface area contributed by atoms with Crippen molar-refractivity contribution in [2.75, 3.05) is 13.2 Å². The lowest BCUT2D eigenvalue weighted by Crippen LogP contribution is -2.99. The molecule has 1 aromatic carbocycles. The molecule has 0 saturated heterocycles. The fraction of sp³-hybridized carbons (Fsp3) is 0.650. The molecule has 1 aromatic rings. The maximum absolute atomic E-state index is 13.5. The first kappa shape index (κ1) is 42.1. The van der Waals surface area contributed by atoms with E-state index in [1.54, 1.807) is 0 Å². The number of Topliss-reactive ketones (excluding diaryl/α,β-unsaturated/α-hetero) is 1. The van der Waals surface area contributed by atoms with Crippen LogP contribution < -0.4 is 15.9 Å². The first-order valence-corrected chi connectivity index (χ1v) is 19.5. The second kappa shape index (κ2) is 17.4. The van der Waals surface area contributed by atoms with Gasteiger partial charge in [0.1, 0.15) is 11.7 Å². The highest BCUT2D eigenvalue weighted by atomic mass is 16.8. The van der Waals surface area contributed by atoms with Gasteiger partial charge in [0, 0.05) is 43.4 Å². The summed E-state index contributed by atoms with van der Waals surface area (Å²) >= 11 is 0. The zero-order chi connectivity index (χ0) is 40.1. The van der Waals surface area contributed by atoms with Crippen LogP contribution in [0.5, 0.6) is 0 Å². The van der Waals surface area contributed by atoms with Crippen LogP contribution >= 0.6 is 0 Å². The quantitative estimate of drug-likeness (QED) is 0.0687. The second-order valence-electron chi connectivity index (χ2n) is 16.3. The Balaban J connectivity index is 0.973. The van der Waals surface area contributed by atoms with Crippen molar-refractivity contribution in [3.8, 4) is 0 Å². The Bertz CT molecular complexity index is 1680. The van der Waals surface area contributed by atoms with E-state index >= 15 is 0 Å². The average molecular weight is 770 g/mol. The van der Waals surface area contributed by atoms with Crippen LogP contribution in [0.1, 0.15) is 115 Å². The van der Waals surface area contributed by atoms with Crippen molar-refractivity contribution in [3.63, 3.8) is 0 Å². The summed E-state index contributed by atoms with van der Waals surface area (Å²) in [5.74, 6) is -2.59. The molecule has 0 aliphatic heterocycles. The van der Waals surface area contributed by atoms with Gasteiger partial charge >= 0.3 is 11.9 Å². The number of carboxylic acids is 1. The third kappa shape index (κ3) is 9.01. The van der Waals surface area contributed by atoms with Crippen molar-refractivity contribution in [2.24, 2.45) is 28.6 Å². The summed E-state index contributed by atoms with van der Waals surface area (Å²) < 4.78 is 5.25. The molecule has 0 heterocycles. The minimum Gasteiger partial charge on any atom is -0.595 e. The minimum atomic E-state index is -1.69. The highest BCUT2D eigenvalue weighted by molar-refractivity contribution is 5.92. The predicted octanol–water partition coefficient (Wildman–Crippen LogP) is 2.52. The average Bonchev–Trinajstić information content (AvgIpc) is 3.44. The Morgan fingerprint density at radius 3 is 2.44 bits per heavy atom. The number of aliphatic carboxylic acids is 1. The van der Waals surface area contributed by atoms with Gasteiger partial charge in [-0.05, 0) is 92.6 Å². The van der Waals surface area contributed by atoms with Crippen molar-refractivity contribution >= 4 is 41.0 Å². The first-order valence-electron chi connectivity index (χ1n) is 19.5. The van der Waals surface area contributed by atoms with E-state index in [-0.39, 0.29) is 54.2 Å². The van der Waals surface area contributed by atoms with E-state index in [2.05, 4.69) is 17.6 Å². The van der Waals surface area contributed by atoms with Crippen LogP contribution in [-0.4, -0.2) is 80.6 Å². The molecule has 0 radical (unpaired) electrons. The van der Waals surface area contributed by atoms with Crippen molar-refractivity contribution in [1.82, 2.24) is 10.6 Å². The maximum atomic E-state index is 13.5. The Kier molecular flexibility index (Phi) is 13.3. The van der Waals surface area contributed by atoms with Crippen LogP contribution in [0.25, 0.3) is 0 Å². The van der Waals surface area contributed by atoms with Gasteiger partial charge in [-0.2, -0.15) is 5.23 Å². The van der Waals surface area contributed by atoms with Crippen LogP contribution in [-0.2, 0) is 33.5 Å². The SMILES string of the molecule is C[C@]12CCC(=O)C=C1CC[C@H]1[C@@H]2CC[C@]2(C)[C@H]1CC[C@]2(O)C(=O)COC(=O)CCC(=O)NCCCCCC(=O)N[C@H](C(=O)O)[C@H](O)c1cccc([NH+]([O-])O)c1. The molecule has 1 unspecified atom stereocenters. The third-order valence-electron chi connectivity index (χ3n) is 13.3. The molecule has 302 valence electrons. The number of aliphatic hydroxyl groups is 2. The van der Waals surface area contributed by atoms with Crippen molar-refractivity contribution in [2.45, 2.75) is 121 Å². The highest BCUT2D eigenvalue weighted by Crippen LogP contribution is 2.67. The second-order valence-corrected chi connectivity index (χ2v) is 16.3. The molecular formula is C40H55N3O12. The number of rotatable bonds is 17. The van der Waals surface area contributed by atoms with Gasteiger partial charge in [0.25, 0.3) is 0 Å². The molecule has 5 rings (SSSR count). The van der Waals surface area contributed by atoms with Crippen LogP contribution in [0, 0.1) is 33.8 Å². The fourth-order valence-corrected chi connectivity index (χ4v) is 10.1. The summed E-state index contributed by atoms with van der Waals surface area (Å²) in [5.41, 5.74) is -1.10. The number of amides is 2. The lowest BCUT2D eigenvalue weighted by Gasteiger charge is -2.58. The molecule has 3 saturated carbocycles. The number of unbranched alkanes of at least 4 members (excludes halogenated alkanes) is 2. The van der Waals surface area contributed by atoms with Crippen LogP contribution in [0.4, 0.5) is 5.69 Å². The van der Waals surface area contributed by atoms with Gasteiger partial charge in [0.2, 0.25) is 17.6 Å². The number of benzene rings is 1. The molecule has 4 aliphatic rings. The van der Waals surface area contributed by atoms with Gasteiger partial charge in [-0.1, -0.05) is 38.0 Å². The topological polar surface area (TPSA) is 244 Å². The standard InChI is InChI=1S/C40H55N3O12/c1-38-17-14-27(44)22-25(38)10-11-28-29(38)15-18-39(2)30(28)16-19-40(39,52)31(45)23-55-34(48)13-12-32(46)41-20-5-3-4-9-33(47)42-35(37(50)51)36(49)24-7-6-8-26(21-24)43(53)54/h6-8,21-22,28-30,35-36,43,49,52-53H,3-5,9-20,23H2,1-2H3,(H,41,46)(H,42,47)(H,50,51)/t28-,29-,30-,35-,36+,38-,39+,40-/m0/s1. The number of aliphatic hydroxyl groups excluding tert-OH is 1. The van der Waals surface area contributed by atoms with Crippen molar-refractivity contribution in [3.05, 3.63) is 46.7 Å². The van der Waals surface area contributed by atoms with Gasteiger partial charge in [0.05, 0.1) is 6.42 Å². The molecule has 9 atom stereocenters. The third-order valence-corrected chi connectivity index (χ3v) is 13.3. The van der Waals surface area contributed by atoms with Crippen LogP contribution in [0.2, 0.25) is 0 Å². The van der Waals surface area contributed by atoms with Gasteiger partial charge < -0.3 is 35.9 Å². The van der Waals surface area contributed by atoms with Crippen LogP contribution in [0.3, 0.4) is 0 Å². The molecule has 7 N–H and O–H groups in total. The summed E-state index contributed by atoms with van der Waals surface area (Å²) in [4.78, 5) is 74.6. The zero-order valence-corrected chi connectivity index (χ0v) is 31.6. The monoisotopic (exact) mass is 769 g/mol. The number of esters is 1. The molecule has 55 heavy (non-hydrogen) atoms. The van der Waals surface area contributed by atoms with E-state index in [1.165, 1.54) is 23.8 Å². The Morgan fingerprint density at radius 2 is 1.71 bits per heavy atom. The van der Waals surface area contributed by atoms with Gasteiger partial charge in [-0.15, -0.1) is 0 Å². The van der Waals surface area contributed by atoms with Crippen LogP contribution in [0.15, 0.2) is 35.9 Å². The van der Waals surface area contributed by atoms with E-state index in [4.69, 9.17) is 9.94 Å². The van der Waals surface area contributed by atoms with E-state index in [1.807, 2.05) is 13.0 Å².